The summed E-state index contributed by atoms with van der Waals surface area (Å²) in [6.07, 6.45) is 5.09. The predicted molar refractivity (Wildman–Crippen MR) is 65.3 cm³/mol. The molecule has 0 saturated carbocycles. The van der Waals surface area contributed by atoms with E-state index in [1.54, 1.807) is 23.1 Å². The standard InChI is InChI=1S/C12H21N3O2/c1-3-12(4-2,10-16)9-13-11(17)8-15-7-5-6-14-15/h5-7,16H,3-4,8-10H2,1-2H3,(H,13,17). The molecule has 0 fully saturated rings. The SMILES string of the molecule is CCC(CC)(CO)CNC(=O)Cn1cccn1. The molecule has 0 unspecified atom stereocenters. The van der Waals surface area contributed by atoms with E-state index in [0.717, 1.165) is 12.8 Å². The number of hydrogen-bond acceptors (Lipinski definition) is 3. The Morgan fingerprint density at radius 2 is 2.18 bits per heavy atom. The summed E-state index contributed by atoms with van der Waals surface area (Å²) in [7, 11) is 0. The van der Waals surface area contributed by atoms with E-state index in [2.05, 4.69) is 10.4 Å². The van der Waals surface area contributed by atoms with Crippen molar-refractivity contribution in [2.75, 3.05) is 13.2 Å². The fraction of sp³-hybridized carbons (Fsp3) is 0.667. The van der Waals surface area contributed by atoms with Gasteiger partial charge in [0.25, 0.3) is 0 Å². The molecule has 0 saturated heterocycles. The Kier molecular flexibility index (Phi) is 5.15. The van der Waals surface area contributed by atoms with E-state index in [1.165, 1.54) is 0 Å². The van der Waals surface area contributed by atoms with Gasteiger partial charge >= 0.3 is 0 Å². The minimum absolute atomic E-state index is 0.0755. The van der Waals surface area contributed by atoms with Gasteiger partial charge in [0, 0.05) is 24.4 Å². The Bertz CT molecular complexity index is 323. The summed E-state index contributed by atoms with van der Waals surface area (Å²) in [5.74, 6) is -0.0755. The van der Waals surface area contributed by atoms with Crippen molar-refractivity contribution >= 4 is 5.91 Å². The van der Waals surface area contributed by atoms with E-state index in [4.69, 9.17) is 0 Å². The highest BCUT2D eigenvalue weighted by atomic mass is 16.3. The summed E-state index contributed by atoms with van der Waals surface area (Å²) in [6.45, 7) is 4.89. The van der Waals surface area contributed by atoms with Gasteiger partial charge in [0.2, 0.25) is 5.91 Å². The van der Waals surface area contributed by atoms with Crippen LogP contribution in [-0.4, -0.2) is 33.9 Å². The molecule has 0 atom stereocenters. The first-order chi connectivity index (χ1) is 8.15. The zero-order chi connectivity index (χ0) is 12.7. The average Bonchev–Trinajstić information content (AvgIpc) is 2.84. The predicted octanol–water partition coefficient (Wildman–Crippen LogP) is 0.798. The maximum Gasteiger partial charge on any atom is 0.241 e. The summed E-state index contributed by atoms with van der Waals surface area (Å²) < 4.78 is 1.58. The van der Waals surface area contributed by atoms with Crippen molar-refractivity contribution < 1.29 is 9.90 Å². The molecule has 1 aromatic rings. The highest BCUT2D eigenvalue weighted by Gasteiger charge is 2.25. The minimum atomic E-state index is -0.195. The van der Waals surface area contributed by atoms with Gasteiger partial charge in [-0.05, 0) is 18.9 Å². The van der Waals surface area contributed by atoms with E-state index in [9.17, 15) is 9.90 Å². The van der Waals surface area contributed by atoms with E-state index >= 15 is 0 Å². The molecular formula is C12H21N3O2. The maximum atomic E-state index is 11.7. The summed E-state index contributed by atoms with van der Waals surface area (Å²) in [5.41, 5.74) is -0.195. The fourth-order valence-corrected chi connectivity index (χ4v) is 1.66. The molecule has 5 nitrogen and oxygen atoms in total. The van der Waals surface area contributed by atoms with Crippen LogP contribution in [0.3, 0.4) is 0 Å². The van der Waals surface area contributed by atoms with Gasteiger partial charge in [-0.25, -0.2) is 0 Å². The van der Waals surface area contributed by atoms with Crippen LogP contribution in [0.25, 0.3) is 0 Å². The molecule has 0 bridgehead atoms. The molecule has 1 rings (SSSR count). The molecule has 0 aliphatic heterocycles. The van der Waals surface area contributed by atoms with Gasteiger partial charge in [0.05, 0.1) is 6.61 Å². The number of carbonyl (C=O) groups excluding carboxylic acids is 1. The number of nitrogens with one attached hydrogen (secondary N) is 1. The van der Waals surface area contributed by atoms with Crippen LogP contribution in [0.15, 0.2) is 18.5 Å². The fourth-order valence-electron chi connectivity index (χ4n) is 1.66. The number of amides is 1. The second-order valence-corrected chi connectivity index (χ2v) is 4.35. The lowest BCUT2D eigenvalue weighted by Crippen LogP contribution is -2.40. The van der Waals surface area contributed by atoms with Gasteiger partial charge in [-0.2, -0.15) is 5.10 Å². The Labute approximate surface area is 102 Å². The van der Waals surface area contributed by atoms with Gasteiger partial charge in [-0.3, -0.25) is 9.48 Å². The highest BCUT2D eigenvalue weighted by molar-refractivity contribution is 5.75. The second kappa shape index (κ2) is 6.39. The number of aliphatic hydroxyl groups is 1. The Hall–Kier alpha value is -1.36. The molecule has 1 aromatic heterocycles. The molecule has 0 radical (unpaired) electrons. The third kappa shape index (κ3) is 3.85. The first-order valence-corrected chi connectivity index (χ1v) is 6.01. The summed E-state index contributed by atoms with van der Waals surface area (Å²) in [5, 5.41) is 16.2. The van der Waals surface area contributed by atoms with Crippen molar-refractivity contribution in [3.05, 3.63) is 18.5 Å². The van der Waals surface area contributed by atoms with Crippen molar-refractivity contribution in [1.29, 1.82) is 0 Å². The summed E-state index contributed by atoms with van der Waals surface area (Å²) >= 11 is 0. The van der Waals surface area contributed by atoms with Crippen molar-refractivity contribution in [3.63, 3.8) is 0 Å². The van der Waals surface area contributed by atoms with E-state index in [0.29, 0.717) is 6.54 Å². The molecule has 96 valence electrons. The van der Waals surface area contributed by atoms with Crippen molar-refractivity contribution in [1.82, 2.24) is 15.1 Å². The Morgan fingerprint density at radius 3 is 2.65 bits per heavy atom. The van der Waals surface area contributed by atoms with E-state index in [-0.39, 0.29) is 24.5 Å². The minimum Gasteiger partial charge on any atom is -0.396 e. The lowest BCUT2D eigenvalue weighted by Gasteiger charge is -2.29. The van der Waals surface area contributed by atoms with Gasteiger partial charge in [0.1, 0.15) is 6.54 Å². The largest absolute Gasteiger partial charge is 0.396 e. The summed E-state index contributed by atoms with van der Waals surface area (Å²) in [6, 6.07) is 1.78. The lowest BCUT2D eigenvalue weighted by atomic mass is 9.83. The molecule has 0 aliphatic carbocycles. The van der Waals surface area contributed by atoms with Gasteiger partial charge in [-0.1, -0.05) is 13.8 Å². The van der Waals surface area contributed by atoms with E-state index in [1.807, 2.05) is 13.8 Å². The topological polar surface area (TPSA) is 67.2 Å². The molecule has 2 N–H and O–H groups in total. The Balaban J connectivity index is 2.41. The molecule has 0 aromatic carbocycles. The third-order valence-electron chi connectivity index (χ3n) is 3.36. The molecule has 17 heavy (non-hydrogen) atoms. The van der Waals surface area contributed by atoms with Crippen molar-refractivity contribution in [3.8, 4) is 0 Å². The van der Waals surface area contributed by atoms with Crippen LogP contribution in [0.5, 0.6) is 0 Å². The van der Waals surface area contributed by atoms with Crippen LogP contribution in [0.1, 0.15) is 26.7 Å². The van der Waals surface area contributed by atoms with E-state index < -0.39 is 0 Å². The number of nitrogens with zero attached hydrogens (tertiary/aromatic N) is 2. The number of hydrogen-bond donors (Lipinski definition) is 2. The monoisotopic (exact) mass is 239 g/mol. The number of carbonyl (C=O) groups is 1. The quantitative estimate of drug-likeness (QED) is 0.739. The van der Waals surface area contributed by atoms with Crippen LogP contribution in [-0.2, 0) is 11.3 Å². The molecule has 5 heteroatoms. The normalized spacial score (nSPS) is 11.5. The second-order valence-electron chi connectivity index (χ2n) is 4.35. The Morgan fingerprint density at radius 1 is 1.47 bits per heavy atom. The van der Waals surface area contributed by atoms with Gasteiger partial charge in [-0.15, -0.1) is 0 Å². The van der Waals surface area contributed by atoms with Gasteiger partial charge < -0.3 is 10.4 Å². The molecular weight excluding hydrogens is 218 g/mol. The number of rotatable bonds is 7. The number of aliphatic hydroxyl groups excluding tert-OH is 1. The third-order valence-corrected chi connectivity index (χ3v) is 3.36. The molecule has 0 aliphatic rings. The van der Waals surface area contributed by atoms with Gasteiger partial charge in [0.15, 0.2) is 0 Å². The maximum absolute atomic E-state index is 11.7. The highest BCUT2D eigenvalue weighted by Crippen LogP contribution is 2.24. The smallest absolute Gasteiger partial charge is 0.241 e. The van der Waals surface area contributed by atoms with Crippen LogP contribution >= 0.6 is 0 Å². The first kappa shape index (κ1) is 13.7. The molecule has 1 amide bonds. The van der Waals surface area contributed by atoms with Crippen molar-refractivity contribution in [2.24, 2.45) is 5.41 Å². The van der Waals surface area contributed by atoms with Crippen LogP contribution in [0, 0.1) is 5.41 Å². The van der Waals surface area contributed by atoms with Crippen LogP contribution < -0.4 is 5.32 Å². The summed E-state index contributed by atoms with van der Waals surface area (Å²) in [4.78, 5) is 11.7. The van der Waals surface area contributed by atoms with Crippen LogP contribution in [0.2, 0.25) is 0 Å². The van der Waals surface area contributed by atoms with Crippen molar-refractivity contribution in [2.45, 2.75) is 33.2 Å². The molecule has 1 heterocycles. The number of aromatic nitrogens is 2. The zero-order valence-electron chi connectivity index (χ0n) is 10.5. The van der Waals surface area contributed by atoms with Crippen LogP contribution in [0.4, 0.5) is 0 Å². The zero-order valence-corrected chi connectivity index (χ0v) is 10.5. The lowest BCUT2D eigenvalue weighted by molar-refractivity contribution is -0.122. The first-order valence-electron chi connectivity index (χ1n) is 6.01. The average molecular weight is 239 g/mol. The molecule has 0 spiro atoms.